The molecule has 0 spiro atoms. The summed E-state index contributed by atoms with van der Waals surface area (Å²) in [4.78, 5) is 10.0. The van der Waals surface area contributed by atoms with Crippen LogP contribution < -0.4 is 10.0 Å². The Labute approximate surface area is 110 Å². The van der Waals surface area contributed by atoms with Crippen LogP contribution in [0.15, 0.2) is 18.2 Å². The van der Waals surface area contributed by atoms with E-state index in [2.05, 4.69) is 10.0 Å². The van der Waals surface area contributed by atoms with Gasteiger partial charge in [-0.1, -0.05) is 6.92 Å². The molecule has 0 fully saturated rings. The van der Waals surface area contributed by atoms with Crippen molar-refractivity contribution in [3.8, 4) is 0 Å². The van der Waals surface area contributed by atoms with Gasteiger partial charge in [-0.15, -0.1) is 0 Å². The van der Waals surface area contributed by atoms with E-state index in [1.165, 1.54) is 0 Å². The van der Waals surface area contributed by atoms with Crippen molar-refractivity contribution >= 4 is 21.4 Å². The minimum Gasteiger partial charge on any atom is -0.378 e. The molecule has 0 unspecified atom stereocenters. The summed E-state index contributed by atoms with van der Waals surface area (Å²) in [5, 5.41) is 13.3. The number of nitro groups is 1. The number of halogens is 1. The molecular formula is C10H14FN3O4S. The van der Waals surface area contributed by atoms with Crippen LogP contribution in [0.3, 0.4) is 0 Å². The van der Waals surface area contributed by atoms with Gasteiger partial charge in [0, 0.05) is 25.2 Å². The lowest BCUT2D eigenvalue weighted by atomic mass is 10.2. The van der Waals surface area contributed by atoms with Crippen LogP contribution in [0.2, 0.25) is 0 Å². The number of nitro benzene ring substituents is 1. The van der Waals surface area contributed by atoms with Gasteiger partial charge in [-0.25, -0.2) is 17.5 Å². The molecule has 1 rings (SSSR count). The van der Waals surface area contributed by atoms with Gasteiger partial charge in [0.2, 0.25) is 10.0 Å². The predicted octanol–water partition coefficient (Wildman–Crippen LogP) is 1.09. The highest BCUT2D eigenvalue weighted by Crippen LogP contribution is 2.24. The van der Waals surface area contributed by atoms with Gasteiger partial charge >= 0.3 is 0 Å². The summed E-state index contributed by atoms with van der Waals surface area (Å²) in [5.74, 6) is -0.892. The Balaban J connectivity index is 2.73. The number of rotatable bonds is 7. The second kappa shape index (κ2) is 6.43. The molecule has 0 amide bonds. The number of anilines is 1. The Morgan fingerprint density at radius 1 is 1.42 bits per heavy atom. The SMILES string of the molecule is CCNS(=O)(=O)CCNc1cc(F)ccc1[N+](=O)[O-]. The Morgan fingerprint density at radius 3 is 2.68 bits per heavy atom. The average molecular weight is 291 g/mol. The van der Waals surface area contributed by atoms with Gasteiger partial charge in [0.15, 0.2) is 0 Å². The molecule has 2 N–H and O–H groups in total. The second-order valence-electron chi connectivity index (χ2n) is 3.66. The average Bonchev–Trinajstić information content (AvgIpc) is 2.28. The summed E-state index contributed by atoms with van der Waals surface area (Å²) in [6.07, 6.45) is 0. The summed E-state index contributed by atoms with van der Waals surface area (Å²) in [6.45, 7) is 1.85. The van der Waals surface area contributed by atoms with Gasteiger partial charge in [0.25, 0.3) is 5.69 Å². The maximum absolute atomic E-state index is 13.0. The molecule has 19 heavy (non-hydrogen) atoms. The molecule has 0 radical (unpaired) electrons. The molecular weight excluding hydrogens is 277 g/mol. The third kappa shape index (κ3) is 4.79. The smallest absolute Gasteiger partial charge is 0.292 e. The van der Waals surface area contributed by atoms with Crippen LogP contribution in [-0.4, -0.2) is 32.2 Å². The second-order valence-corrected chi connectivity index (χ2v) is 5.59. The van der Waals surface area contributed by atoms with E-state index < -0.39 is 20.8 Å². The van der Waals surface area contributed by atoms with Gasteiger partial charge in [0.05, 0.1) is 10.7 Å². The first-order chi connectivity index (χ1) is 8.85. The zero-order valence-electron chi connectivity index (χ0n) is 10.2. The third-order valence-electron chi connectivity index (χ3n) is 2.21. The molecule has 0 aliphatic heterocycles. The van der Waals surface area contributed by atoms with Crippen molar-refractivity contribution in [3.05, 3.63) is 34.1 Å². The molecule has 1 aromatic rings. The normalized spacial score (nSPS) is 11.3. The molecule has 9 heteroatoms. The Kier molecular flexibility index (Phi) is 5.19. The molecule has 106 valence electrons. The molecule has 0 aliphatic carbocycles. The number of nitrogens with one attached hydrogen (secondary N) is 2. The molecule has 0 atom stereocenters. The lowest BCUT2D eigenvalue weighted by Crippen LogP contribution is -2.29. The van der Waals surface area contributed by atoms with Crippen LogP contribution >= 0.6 is 0 Å². The number of hydrogen-bond acceptors (Lipinski definition) is 5. The van der Waals surface area contributed by atoms with E-state index in [1.807, 2.05) is 0 Å². The number of sulfonamides is 1. The van der Waals surface area contributed by atoms with Crippen molar-refractivity contribution in [3.63, 3.8) is 0 Å². The van der Waals surface area contributed by atoms with Gasteiger partial charge in [0.1, 0.15) is 11.5 Å². The third-order valence-corrected chi connectivity index (χ3v) is 3.68. The lowest BCUT2D eigenvalue weighted by Gasteiger charge is -2.08. The first kappa shape index (κ1) is 15.3. The maximum Gasteiger partial charge on any atom is 0.292 e. The molecule has 1 aromatic carbocycles. The van der Waals surface area contributed by atoms with Crippen LogP contribution in [0.25, 0.3) is 0 Å². The zero-order valence-corrected chi connectivity index (χ0v) is 11.0. The van der Waals surface area contributed by atoms with Gasteiger partial charge in [-0.2, -0.15) is 0 Å². The summed E-state index contributed by atoms with van der Waals surface area (Å²) in [5.41, 5.74) is -0.348. The minimum atomic E-state index is -3.42. The van der Waals surface area contributed by atoms with E-state index in [-0.39, 0.29) is 30.2 Å². The number of benzene rings is 1. The molecule has 0 bridgehead atoms. The van der Waals surface area contributed by atoms with Crippen molar-refractivity contribution in [2.75, 3.05) is 24.2 Å². The highest BCUT2D eigenvalue weighted by atomic mass is 32.2. The van der Waals surface area contributed by atoms with Crippen LogP contribution in [0.5, 0.6) is 0 Å². The highest BCUT2D eigenvalue weighted by molar-refractivity contribution is 7.89. The fourth-order valence-corrected chi connectivity index (χ4v) is 2.38. The standard InChI is InChI=1S/C10H14FN3O4S/c1-2-13-19(17,18)6-5-12-9-7-8(11)3-4-10(9)14(15)16/h3-4,7,12-13H,2,5-6H2,1H3. The molecule has 7 nitrogen and oxygen atoms in total. The Morgan fingerprint density at radius 2 is 2.11 bits per heavy atom. The molecule has 0 saturated carbocycles. The van der Waals surface area contributed by atoms with Crippen LogP contribution in [0.1, 0.15) is 6.92 Å². The van der Waals surface area contributed by atoms with E-state index in [0.717, 1.165) is 18.2 Å². The fourth-order valence-electron chi connectivity index (χ4n) is 1.42. The van der Waals surface area contributed by atoms with Crippen LogP contribution in [0.4, 0.5) is 15.8 Å². The summed E-state index contributed by atoms with van der Waals surface area (Å²) in [7, 11) is -3.42. The van der Waals surface area contributed by atoms with Crippen LogP contribution in [0, 0.1) is 15.9 Å². The van der Waals surface area contributed by atoms with E-state index in [0.29, 0.717) is 0 Å². The van der Waals surface area contributed by atoms with E-state index >= 15 is 0 Å². The monoisotopic (exact) mass is 291 g/mol. The topological polar surface area (TPSA) is 101 Å². The van der Waals surface area contributed by atoms with Crippen molar-refractivity contribution in [1.29, 1.82) is 0 Å². The Bertz CT molecular complexity index is 562. The van der Waals surface area contributed by atoms with E-state index in [1.54, 1.807) is 6.92 Å². The highest BCUT2D eigenvalue weighted by Gasteiger charge is 2.15. The van der Waals surface area contributed by atoms with E-state index in [9.17, 15) is 22.9 Å². The fraction of sp³-hybridized carbons (Fsp3) is 0.400. The lowest BCUT2D eigenvalue weighted by molar-refractivity contribution is -0.384. The van der Waals surface area contributed by atoms with Gasteiger partial charge in [-0.3, -0.25) is 10.1 Å². The van der Waals surface area contributed by atoms with Crippen molar-refractivity contribution < 1.29 is 17.7 Å². The number of nitrogens with zero attached hydrogens (tertiary/aromatic N) is 1. The first-order valence-corrected chi connectivity index (χ1v) is 7.16. The maximum atomic E-state index is 13.0. The summed E-state index contributed by atoms with van der Waals surface area (Å²) >= 11 is 0. The first-order valence-electron chi connectivity index (χ1n) is 5.51. The number of hydrogen-bond donors (Lipinski definition) is 2. The van der Waals surface area contributed by atoms with Gasteiger partial charge < -0.3 is 5.32 Å². The predicted molar refractivity (Wildman–Crippen MR) is 69.0 cm³/mol. The molecule has 0 saturated heterocycles. The van der Waals surface area contributed by atoms with Crippen molar-refractivity contribution in [2.45, 2.75) is 6.92 Å². The van der Waals surface area contributed by atoms with Crippen LogP contribution in [-0.2, 0) is 10.0 Å². The molecule has 0 aliphatic rings. The minimum absolute atomic E-state index is 0.0447. The van der Waals surface area contributed by atoms with Crippen molar-refractivity contribution in [2.24, 2.45) is 0 Å². The van der Waals surface area contributed by atoms with Gasteiger partial charge in [-0.05, 0) is 6.07 Å². The van der Waals surface area contributed by atoms with Crippen molar-refractivity contribution in [1.82, 2.24) is 4.72 Å². The molecule has 0 heterocycles. The molecule has 0 aromatic heterocycles. The zero-order chi connectivity index (χ0) is 14.5. The largest absolute Gasteiger partial charge is 0.378 e. The summed E-state index contributed by atoms with van der Waals surface area (Å²) in [6, 6.07) is 2.95. The quantitative estimate of drug-likeness (QED) is 0.578. The summed E-state index contributed by atoms with van der Waals surface area (Å²) < 4.78 is 38.0. The Hall–Kier alpha value is -1.74. The van der Waals surface area contributed by atoms with E-state index in [4.69, 9.17) is 0 Å².